The molecule has 30 heavy (non-hydrogen) atoms. The number of aromatic nitrogens is 1. The van der Waals surface area contributed by atoms with Crippen LogP contribution >= 0.6 is 11.3 Å². The van der Waals surface area contributed by atoms with Gasteiger partial charge in [-0.15, -0.1) is 11.3 Å². The molecule has 0 bridgehead atoms. The van der Waals surface area contributed by atoms with Gasteiger partial charge in [0.05, 0.1) is 17.3 Å². The standard InChI is InChI=1S/C22H16N4O3S/c1-14(27)25-17-5-3-15(4-6-17)11-20-21(28)26(22(30-20)16(12-23)13-24)18-7-9-19(29-2)10-8-18/h3-11H,1-2H3,(H,25,27)/b20-11-. The van der Waals surface area contributed by atoms with Gasteiger partial charge in [0.25, 0.3) is 5.56 Å². The number of amides is 1. The Morgan fingerprint density at radius 2 is 1.73 bits per heavy atom. The van der Waals surface area contributed by atoms with Gasteiger partial charge < -0.3 is 10.1 Å². The van der Waals surface area contributed by atoms with E-state index in [1.54, 1.807) is 61.7 Å². The fourth-order valence-electron chi connectivity index (χ4n) is 2.75. The summed E-state index contributed by atoms with van der Waals surface area (Å²) >= 11 is 1.07. The molecule has 1 aromatic heterocycles. The van der Waals surface area contributed by atoms with E-state index in [1.165, 1.54) is 11.5 Å². The summed E-state index contributed by atoms with van der Waals surface area (Å²) in [6.07, 6.45) is 1.68. The molecule has 3 aromatic rings. The maximum Gasteiger partial charge on any atom is 0.273 e. The van der Waals surface area contributed by atoms with Crippen molar-refractivity contribution < 1.29 is 9.53 Å². The Balaban J connectivity index is 2.20. The fraction of sp³-hybridized carbons (Fsp3) is 0.0909. The first-order chi connectivity index (χ1) is 14.5. The number of thiazole rings is 1. The highest BCUT2D eigenvalue weighted by Crippen LogP contribution is 2.13. The average Bonchev–Trinajstić information content (AvgIpc) is 3.06. The van der Waals surface area contributed by atoms with E-state index in [4.69, 9.17) is 4.74 Å². The normalized spacial score (nSPS) is 10.7. The van der Waals surface area contributed by atoms with Crippen molar-refractivity contribution in [3.8, 4) is 23.6 Å². The van der Waals surface area contributed by atoms with Crippen LogP contribution < -0.4 is 24.8 Å². The summed E-state index contributed by atoms with van der Waals surface area (Å²) in [6.45, 7) is 1.42. The van der Waals surface area contributed by atoms with Crippen molar-refractivity contribution in [1.82, 2.24) is 4.57 Å². The monoisotopic (exact) mass is 416 g/mol. The molecular weight excluding hydrogens is 400 g/mol. The number of carbonyl (C=O) groups excluding carboxylic acids is 1. The lowest BCUT2D eigenvalue weighted by molar-refractivity contribution is -0.114. The molecule has 1 heterocycles. The largest absolute Gasteiger partial charge is 0.497 e. The van der Waals surface area contributed by atoms with Crippen molar-refractivity contribution >= 4 is 34.6 Å². The highest BCUT2D eigenvalue weighted by Gasteiger charge is 2.11. The minimum Gasteiger partial charge on any atom is -0.497 e. The Hall–Kier alpha value is -4.14. The van der Waals surface area contributed by atoms with Crippen molar-refractivity contribution in [1.29, 1.82) is 10.5 Å². The third-order valence-electron chi connectivity index (χ3n) is 4.12. The second kappa shape index (κ2) is 8.91. The summed E-state index contributed by atoms with van der Waals surface area (Å²) in [7, 11) is 1.54. The van der Waals surface area contributed by atoms with Gasteiger partial charge in [-0.05, 0) is 48.0 Å². The quantitative estimate of drug-likeness (QED) is 0.699. The number of anilines is 1. The third kappa shape index (κ3) is 4.30. The molecule has 0 spiro atoms. The van der Waals surface area contributed by atoms with Crippen LogP contribution in [0.4, 0.5) is 5.69 Å². The number of hydrogen-bond acceptors (Lipinski definition) is 6. The average molecular weight is 416 g/mol. The van der Waals surface area contributed by atoms with Crippen molar-refractivity contribution in [2.75, 3.05) is 12.4 Å². The summed E-state index contributed by atoms with van der Waals surface area (Å²) < 4.78 is 7.13. The molecule has 7 nitrogen and oxygen atoms in total. The van der Waals surface area contributed by atoms with Gasteiger partial charge in [0.2, 0.25) is 5.91 Å². The first-order valence-electron chi connectivity index (χ1n) is 8.77. The van der Waals surface area contributed by atoms with Crippen LogP contribution in [0.15, 0.2) is 53.3 Å². The molecule has 0 aliphatic heterocycles. The van der Waals surface area contributed by atoms with Gasteiger partial charge in [0.15, 0.2) is 5.57 Å². The molecule has 8 heteroatoms. The predicted octanol–water partition coefficient (Wildman–Crippen LogP) is 1.89. The molecule has 0 fully saturated rings. The van der Waals surface area contributed by atoms with Crippen LogP contribution in [0.5, 0.6) is 5.75 Å². The van der Waals surface area contributed by atoms with E-state index in [2.05, 4.69) is 5.32 Å². The molecule has 0 aliphatic carbocycles. The summed E-state index contributed by atoms with van der Waals surface area (Å²) in [4.78, 5) is 24.3. The Labute approximate surface area is 176 Å². The van der Waals surface area contributed by atoms with Crippen LogP contribution in [-0.4, -0.2) is 17.6 Å². The van der Waals surface area contributed by atoms with E-state index in [0.29, 0.717) is 21.7 Å². The minimum atomic E-state index is -0.339. The highest BCUT2D eigenvalue weighted by molar-refractivity contribution is 7.07. The maximum absolute atomic E-state index is 13.1. The summed E-state index contributed by atoms with van der Waals surface area (Å²) in [6, 6.07) is 17.5. The summed E-state index contributed by atoms with van der Waals surface area (Å²) in [5.74, 6) is 0.451. The van der Waals surface area contributed by atoms with Crippen LogP contribution in [0.2, 0.25) is 0 Å². The minimum absolute atomic E-state index is 0.145. The first kappa shape index (κ1) is 20.6. The number of ether oxygens (including phenoxy) is 1. The van der Waals surface area contributed by atoms with E-state index in [1.807, 2.05) is 12.1 Å². The van der Waals surface area contributed by atoms with Gasteiger partial charge in [0, 0.05) is 12.6 Å². The predicted molar refractivity (Wildman–Crippen MR) is 115 cm³/mol. The second-order valence-corrected chi connectivity index (χ2v) is 7.19. The Morgan fingerprint density at radius 1 is 1.10 bits per heavy atom. The molecular formula is C22H16N4O3S. The summed E-state index contributed by atoms with van der Waals surface area (Å²) in [5, 5.41) is 21.4. The highest BCUT2D eigenvalue weighted by atomic mass is 32.1. The molecule has 0 unspecified atom stereocenters. The third-order valence-corrected chi connectivity index (χ3v) is 5.21. The molecule has 0 saturated carbocycles. The number of nitrogens with zero attached hydrogens (tertiary/aromatic N) is 3. The molecule has 0 radical (unpaired) electrons. The van der Waals surface area contributed by atoms with E-state index in [0.717, 1.165) is 16.9 Å². The topological polar surface area (TPSA) is 108 Å². The zero-order valence-electron chi connectivity index (χ0n) is 16.2. The molecule has 2 aromatic carbocycles. The van der Waals surface area contributed by atoms with Crippen LogP contribution in [0.1, 0.15) is 12.5 Å². The van der Waals surface area contributed by atoms with Crippen molar-refractivity contribution in [2.24, 2.45) is 0 Å². The lowest BCUT2D eigenvalue weighted by atomic mass is 10.2. The first-order valence-corrected chi connectivity index (χ1v) is 9.58. The van der Waals surface area contributed by atoms with Crippen LogP contribution in [-0.2, 0) is 4.79 Å². The van der Waals surface area contributed by atoms with Gasteiger partial charge >= 0.3 is 0 Å². The lowest BCUT2D eigenvalue weighted by Crippen LogP contribution is -2.30. The number of methoxy groups -OCH3 is 1. The van der Waals surface area contributed by atoms with Gasteiger partial charge in [0.1, 0.15) is 22.6 Å². The number of rotatable bonds is 4. The Bertz CT molecular complexity index is 1340. The molecule has 3 rings (SSSR count). The van der Waals surface area contributed by atoms with Gasteiger partial charge in [-0.2, -0.15) is 10.5 Å². The summed E-state index contributed by atoms with van der Waals surface area (Å²) in [5.41, 5.74) is 1.43. The van der Waals surface area contributed by atoms with Crippen LogP contribution in [0.3, 0.4) is 0 Å². The molecule has 1 amide bonds. The number of benzene rings is 2. The molecule has 148 valence electrons. The molecule has 1 N–H and O–H groups in total. The van der Waals surface area contributed by atoms with Crippen molar-refractivity contribution in [3.05, 3.63) is 73.6 Å². The number of hydrogen-bond donors (Lipinski definition) is 1. The molecule has 0 saturated heterocycles. The Morgan fingerprint density at radius 3 is 2.27 bits per heavy atom. The number of nitriles is 2. The van der Waals surface area contributed by atoms with Crippen molar-refractivity contribution in [2.45, 2.75) is 6.92 Å². The number of nitrogens with one attached hydrogen (secondary N) is 1. The molecule has 0 aliphatic rings. The SMILES string of the molecule is COc1ccc(-n2c(=C(C#N)C#N)s/c(=C\c3ccc(NC(C)=O)cc3)c2=O)cc1. The van der Waals surface area contributed by atoms with Crippen molar-refractivity contribution in [3.63, 3.8) is 0 Å². The van der Waals surface area contributed by atoms with Crippen LogP contribution in [0, 0.1) is 22.7 Å². The zero-order valence-corrected chi connectivity index (χ0v) is 17.0. The fourth-order valence-corrected chi connectivity index (χ4v) is 3.81. The zero-order chi connectivity index (χ0) is 21.7. The van der Waals surface area contributed by atoms with E-state index < -0.39 is 0 Å². The van der Waals surface area contributed by atoms with Gasteiger partial charge in [-0.3, -0.25) is 14.2 Å². The number of carbonyl (C=O) groups is 1. The van der Waals surface area contributed by atoms with Gasteiger partial charge in [-0.1, -0.05) is 12.1 Å². The van der Waals surface area contributed by atoms with Crippen LogP contribution in [0.25, 0.3) is 17.3 Å². The second-order valence-electron chi connectivity index (χ2n) is 6.16. The lowest BCUT2D eigenvalue weighted by Gasteiger charge is -2.04. The smallest absolute Gasteiger partial charge is 0.273 e. The Kier molecular flexibility index (Phi) is 6.11. The maximum atomic E-state index is 13.1. The van der Waals surface area contributed by atoms with E-state index in [9.17, 15) is 20.1 Å². The van der Waals surface area contributed by atoms with Gasteiger partial charge in [-0.25, -0.2) is 0 Å². The molecule has 0 atom stereocenters. The van der Waals surface area contributed by atoms with E-state index in [-0.39, 0.29) is 21.7 Å². The van der Waals surface area contributed by atoms with E-state index >= 15 is 0 Å².